The fourth-order valence-corrected chi connectivity index (χ4v) is 5.99. The number of amides is 1. The van der Waals surface area contributed by atoms with Crippen LogP contribution >= 0.6 is 0 Å². The van der Waals surface area contributed by atoms with Gasteiger partial charge >= 0.3 is 0 Å². The topological polar surface area (TPSA) is 59.6 Å². The molecule has 1 unspecified atom stereocenters. The Hall–Kier alpha value is -3.15. The summed E-state index contributed by atoms with van der Waals surface area (Å²) >= 11 is 0. The predicted molar refractivity (Wildman–Crippen MR) is 145 cm³/mol. The second-order valence-corrected chi connectivity index (χ2v) is 10.7. The molecule has 0 aromatic heterocycles. The van der Waals surface area contributed by atoms with Gasteiger partial charge in [-0.15, -0.1) is 0 Å². The highest BCUT2D eigenvalue weighted by Gasteiger charge is 2.23. The summed E-state index contributed by atoms with van der Waals surface area (Å²) in [6.07, 6.45) is 7.54. The lowest BCUT2D eigenvalue weighted by atomic mass is 9.87. The standard InChI is InChI=1S/C32H36N2O3/c35-32(24-10-14-28(15-11-24)37-21-29-5-3-17-36-29)34-27-13-9-25-18-22(7-8-26(25)19-27)20-33-31-16-12-23-4-1-2-6-30(23)31/h1-2,4,6-8,10-11,14-15,18,27,29,31,33H,3,5,9,12-13,16-17,19-21H2,(H,34,35)/t27-,29-,31?/m0/s1. The Morgan fingerprint density at radius 1 is 0.919 bits per heavy atom. The van der Waals surface area contributed by atoms with E-state index in [2.05, 4.69) is 53.1 Å². The van der Waals surface area contributed by atoms with E-state index in [1.54, 1.807) is 0 Å². The van der Waals surface area contributed by atoms with Gasteiger partial charge in [-0.2, -0.15) is 0 Å². The molecule has 2 N–H and O–H groups in total. The van der Waals surface area contributed by atoms with E-state index in [0.29, 0.717) is 18.2 Å². The first-order chi connectivity index (χ1) is 18.2. The van der Waals surface area contributed by atoms with E-state index >= 15 is 0 Å². The van der Waals surface area contributed by atoms with Crippen molar-refractivity contribution < 1.29 is 14.3 Å². The third-order valence-corrected chi connectivity index (χ3v) is 8.10. The number of carbonyl (C=O) groups is 1. The fourth-order valence-electron chi connectivity index (χ4n) is 5.99. The molecule has 1 heterocycles. The van der Waals surface area contributed by atoms with Crippen LogP contribution in [0.2, 0.25) is 0 Å². The van der Waals surface area contributed by atoms with Crippen molar-refractivity contribution in [3.05, 3.63) is 100 Å². The molecular weight excluding hydrogens is 460 g/mol. The Bertz CT molecular complexity index is 1230. The number of carbonyl (C=O) groups excluding carboxylic acids is 1. The van der Waals surface area contributed by atoms with Crippen molar-refractivity contribution in [1.29, 1.82) is 0 Å². The number of benzene rings is 3. The molecule has 3 aromatic rings. The number of hydrogen-bond donors (Lipinski definition) is 2. The summed E-state index contributed by atoms with van der Waals surface area (Å²) in [6, 6.07) is 23.7. The summed E-state index contributed by atoms with van der Waals surface area (Å²) in [5.41, 5.74) is 7.73. The van der Waals surface area contributed by atoms with E-state index in [1.165, 1.54) is 40.7 Å². The number of rotatable bonds is 8. The van der Waals surface area contributed by atoms with Gasteiger partial charge in [-0.25, -0.2) is 0 Å². The summed E-state index contributed by atoms with van der Waals surface area (Å²) in [5.74, 6) is 0.762. The average Bonchev–Trinajstić information content (AvgIpc) is 3.61. The molecule has 1 aliphatic heterocycles. The van der Waals surface area contributed by atoms with E-state index in [4.69, 9.17) is 9.47 Å². The van der Waals surface area contributed by atoms with E-state index < -0.39 is 0 Å². The molecule has 1 saturated heterocycles. The van der Waals surface area contributed by atoms with Crippen molar-refractivity contribution >= 4 is 5.91 Å². The van der Waals surface area contributed by atoms with E-state index in [-0.39, 0.29) is 18.1 Å². The monoisotopic (exact) mass is 496 g/mol. The minimum Gasteiger partial charge on any atom is -0.491 e. The molecule has 5 heteroatoms. The SMILES string of the molecule is O=C(N[C@H]1CCc2cc(CNC3CCc4ccccc43)ccc2C1)c1ccc(OC[C@@H]2CCCO2)cc1. The zero-order chi connectivity index (χ0) is 25.0. The Balaban J connectivity index is 0.996. The summed E-state index contributed by atoms with van der Waals surface area (Å²) in [5, 5.41) is 7.01. The number of ether oxygens (including phenoxy) is 2. The van der Waals surface area contributed by atoms with Crippen LogP contribution in [0.25, 0.3) is 0 Å². The maximum absolute atomic E-state index is 12.9. The molecule has 5 nitrogen and oxygen atoms in total. The first-order valence-corrected chi connectivity index (χ1v) is 13.8. The van der Waals surface area contributed by atoms with Crippen molar-refractivity contribution in [2.45, 2.75) is 69.7 Å². The largest absolute Gasteiger partial charge is 0.491 e. The first-order valence-electron chi connectivity index (χ1n) is 13.8. The normalized spacial score (nSPS) is 22.3. The highest BCUT2D eigenvalue weighted by Crippen LogP contribution is 2.31. The number of hydrogen-bond acceptors (Lipinski definition) is 4. The molecule has 37 heavy (non-hydrogen) atoms. The predicted octanol–water partition coefficient (Wildman–Crippen LogP) is 5.31. The van der Waals surface area contributed by atoms with Crippen LogP contribution in [-0.2, 0) is 30.5 Å². The van der Waals surface area contributed by atoms with Crippen LogP contribution in [0.4, 0.5) is 0 Å². The van der Waals surface area contributed by atoms with Gasteiger partial charge in [0.05, 0.1) is 6.10 Å². The van der Waals surface area contributed by atoms with Crippen LogP contribution < -0.4 is 15.4 Å². The Morgan fingerprint density at radius 2 is 1.78 bits per heavy atom. The number of aryl methyl sites for hydroxylation is 2. The quantitative estimate of drug-likeness (QED) is 0.444. The molecule has 1 fully saturated rings. The summed E-state index contributed by atoms with van der Waals surface area (Å²) in [6.45, 7) is 2.28. The Labute approximate surface area is 219 Å². The molecular formula is C32H36N2O3. The minimum atomic E-state index is -0.0169. The zero-order valence-electron chi connectivity index (χ0n) is 21.4. The van der Waals surface area contributed by atoms with Crippen molar-refractivity contribution in [3.63, 3.8) is 0 Å². The molecule has 3 aliphatic rings. The number of nitrogens with one attached hydrogen (secondary N) is 2. The highest BCUT2D eigenvalue weighted by molar-refractivity contribution is 5.94. The lowest BCUT2D eigenvalue weighted by Gasteiger charge is -2.26. The van der Waals surface area contributed by atoms with Crippen molar-refractivity contribution in [3.8, 4) is 5.75 Å². The van der Waals surface area contributed by atoms with Gasteiger partial charge < -0.3 is 20.1 Å². The first kappa shape index (κ1) is 24.2. The Kier molecular flexibility index (Phi) is 7.25. The maximum Gasteiger partial charge on any atom is 0.251 e. The molecule has 2 aliphatic carbocycles. The minimum absolute atomic E-state index is 0.0169. The van der Waals surface area contributed by atoms with E-state index in [1.807, 2.05) is 24.3 Å². The number of fused-ring (bicyclic) bond motifs is 2. The van der Waals surface area contributed by atoms with Gasteiger partial charge in [-0.3, -0.25) is 4.79 Å². The second kappa shape index (κ2) is 11.1. The molecule has 0 saturated carbocycles. The summed E-state index contributed by atoms with van der Waals surface area (Å²) in [7, 11) is 0. The van der Waals surface area contributed by atoms with Gasteiger partial charge in [0.15, 0.2) is 0 Å². The molecule has 3 aromatic carbocycles. The summed E-state index contributed by atoms with van der Waals surface area (Å²) in [4.78, 5) is 12.9. The third kappa shape index (κ3) is 5.73. The second-order valence-electron chi connectivity index (χ2n) is 10.7. The van der Waals surface area contributed by atoms with Gasteiger partial charge in [0.2, 0.25) is 0 Å². The van der Waals surface area contributed by atoms with Crippen molar-refractivity contribution in [1.82, 2.24) is 10.6 Å². The lowest BCUT2D eigenvalue weighted by molar-refractivity contribution is 0.0679. The molecule has 0 bridgehead atoms. The van der Waals surface area contributed by atoms with Gasteiger partial charge in [0.25, 0.3) is 5.91 Å². The van der Waals surface area contributed by atoms with Crippen LogP contribution in [0.3, 0.4) is 0 Å². The molecule has 0 radical (unpaired) electrons. The zero-order valence-corrected chi connectivity index (χ0v) is 21.4. The van der Waals surface area contributed by atoms with Crippen LogP contribution in [0.15, 0.2) is 66.7 Å². The van der Waals surface area contributed by atoms with E-state index in [9.17, 15) is 4.79 Å². The van der Waals surface area contributed by atoms with Crippen LogP contribution in [0.5, 0.6) is 5.75 Å². The van der Waals surface area contributed by atoms with Crippen LogP contribution in [0, 0.1) is 0 Å². The molecule has 192 valence electrons. The smallest absolute Gasteiger partial charge is 0.251 e. The average molecular weight is 497 g/mol. The van der Waals surface area contributed by atoms with Crippen molar-refractivity contribution in [2.24, 2.45) is 0 Å². The van der Waals surface area contributed by atoms with Gasteiger partial charge in [-0.1, -0.05) is 42.5 Å². The maximum atomic E-state index is 12.9. The highest BCUT2D eigenvalue weighted by atomic mass is 16.5. The fraction of sp³-hybridized carbons (Fsp3) is 0.406. The van der Waals surface area contributed by atoms with Crippen LogP contribution in [-0.4, -0.2) is 31.3 Å². The molecule has 1 amide bonds. The lowest BCUT2D eigenvalue weighted by Crippen LogP contribution is -2.38. The molecule has 6 rings (SSSR count). The summed E-state index contributed by atoms with van der Waals surface area (Å²) < 4.78 is 11.4. The Morgan fingerprint density at radius 3 is 2.65 bits per heavy atom. The van der Waals surface area contributed by atoms with E-state index in [0.717, 1.165) is 51.0 Å². The molecule has 0 spiro atoms. The van der Waals surface area contributed by atoms with Gasteiger partial charge in [0.1, 0.15) is 12.4 Å². The third-order valence-electron chi connectivity index (χ3n) is 8.10. The van der Waals surface area contributed by atoms with Gasteiger partial charge in [0, 0.05) is 30.8 Å². The van der Waals surface area contributed by atoms with Crippen molar-refractivity contribution in [2.75, 3.05) is 13.2 Å². The molecule has 3 atom stereocenters. The van der Waals surface area contributed by atoms with Crippen LogP contribution in [0.1, 0.15) is 69.9 Å². The van der Waals surface area contributed by atoms with Gasteiger partial charge in [-0.05, 0) is 97.0 Å².